The zero-order chi connectivity index (χ0) is 17.0. The van der Waals surface area contributed by atoms with Gasteiger partial charge in [0.25, 0.3) is 0 Å². The van der Waals surface area contributed by atoms with Crippen LogP contribution in [-0.2, 0) is 22.2 Å². The molecule has 0 spiro atoms. The summed E-state index contributed by atoms with van der Waals surface area (Å²) in [7, 11) is 2.72. The molecule has 0 N–H and O–H groups in total. The summed E-state index contributed by atoms with van der Waals surface area (Å²) in [4.78, 5) is 15.1. The van der Waals surface area contributed by atoms with Crippen LogP contribution in [0.2, 0.25) is 0 Å². The summed E-state index contributed by atoms with van der Waals surface area (Å²) >= 11 is 0. The summed E-state index contributed by atoms with van der Waals surface area (Å²) in [6.45, 7) is 0.481. The summed E-state index contributed by atoms with van der Waals surface area (Å²) in [5.41, 5.74) is -0.202. The molecule has 0 atom stereocenters. The molecule has 8 heteroatoms. The number of halogens is 3. The fourth-order valence-corrected chi connectivity index (χ4v) is 2.02. The van der Waals surface area contributed by atoms with Crippen LogP contribution in [0.15, 0.2) is 30.5 Å². The molecule has 0 aliphatic carbocycles. The highest BCUT2D eigenvalue weighted by molar-refractivity contribution is 5.89. The van der Waals surface area contributed by atoms with Gasteiger partial charge in [-0.05, 0) is 12.1 Å². The van der Waals surface area contributed by atoms with E-state index in [1.54, 1.807) is 0 Å². The van der Waals surface area contributed by atoms with E-state index in [1.165, 1.54) is 43.1 Å². The summed E-state index contributed by atoms with van der Waals surface area (Å²) in [6, 6.07) is 6.00. The molecular formula is C15H15F3N2O3. The average molecular weight is 328 g/mol. The molecule has 0 saturated carbocycles. The lowest BCUT2D eigenvalue weighted by molar-refractivity contribution is -0.140. The Morgan fingerprint density at radius 1 is 1.22 bits per heavy atom. The highest BCUT2D eigenvalue weighted by atomic mass is 19.4. The van der Waals surface area contributed by atoms with E-state index in [2.05, 4.69) is 9.72 Å². The maximum atomic E-state index is 12.9. The lowest BCUT2D eigenvalue weighted by Gasteiger charge is -2.07. The summed E-state index contributed by atoms with van der Waals surface area (Å²) in [6.07, 6.45) is -3.58. The van der Waals surface area contributed by atoms with Gasteiger partial charge in [-0.1, -0.05) is 12.1 Å². The van der Waals surface area contributed by atoms with Gasteiger partial charge in [-0.25, -0.2) is 9.78 Å². The van der Waals surface area contributed by atoms with Crippen molar-refractivity contribution in [3.8, 4) is 11.4 Å². The number of hydrogen-bond donors (Lipinski definition) is 0. The number of carbonyl (C=O) groups is 1. The first-order valence-electron chi connectivity index (χ1n) is 6.69. The van der Waals surface area contributed by atoms with Gasteiger partial charge < -0.3 is 14.0 Å². The first kappa shape index (κ1) is 17.0. The van der Waals surface area contributed by atoms with Crippen LogP contribution in [0.25, 0.3) is 11.4 Å². The van der Waals surface area contributed by atoms with Crippen molar-refractivity contribution in [2.75, 3.05) is 20.8 Å². The molecule has 0 fully saturated rings. The number of ether oxygens (including phenoxy) is 2. The van der Waals surface area contributed by atoms with Crippen molar-refractivity contribution < 1.29 is 27.4 Å². The third-order valence-corrected chi connectivity index (χ3v) is 3.17. The smallest absolute Gasteiger partial charge is 0.434 e. The Labute approximate surface area is 130 Å². The largest absolute Gasteiger partial charge is 0.465 e. The molecule has 23 heavy (non-hydrogen) atoms. The molecular weight excluding hydrogens is 313 g/mol. The predicted molar refractivity (Wildman–Crippen MR) is 75.9 cm³/mol. The Balaban J connectivity index is 2.40. The van der Waals surface area contributed by atoms with Crippen molar-refractivity contribution in [3.05, 3.63) is 41.7 Å². The van der Waals surface area contributed by atoms with Crippen LogP contribution in [0.3, 0.4) is 0 Å². The third kappa shape index (κ3) is 3.89. The Bertz CT molecular complexity index is 678. The van der Waals surface area contributed by atoms with Gasteiger partial charge in [0, 0.05) is 25.4 Å². The quantitative estimate of drug-likeness (QED) is 0.792. The van der Waals surface area contributed by atoms with E-state index >= 15 is 0 Å². The van der Waals surface area contributed by atoms with Crippen molar-refractivity contribution in [1.82, 2.24) is 9.55 Å². The number of esters is 1. The second-order valence-corrected chi connectivity index (χ2v) is 4.70. The molecule has 0 amide bonds. The SMILES string of the molecule is COCCn1cc(C(F)(F)F)nc1-c1ccc(C(=O)OC)cc1. The van der Waals surface area contributed by atoms with E-state index in [4.69, 9.17) is 4.74 Å². The van der Waals surface area contributed by atoms with Crippen molar-refractivity contribution in [2.45, 2.75) is 12.7 Å². The van der Waals surface area contributed by atoms with Gasteiger partial charge in [0.1, 0.15) is 5.82 Å². The van der Waals surface area contributed by atoms with E-state index in [0.717, 1.165) is 6.20 Å². The number of methoxy groups -OCH3 is 2. The zero-order valence-corrected chi connectivity index (χ0v) is 12.6. The average Bonchev–Trinajstić information content (AvgIpc) is 2.96. The van der Waals surface area contributed by atoms with Crippen LogP contribution in [0, 0.1) is 0 Å². The number of benzene rings is 1. The Morgan fingerprint density at radius 2 is 1.87 bits per heavy atom. The van der Waals surface area contributed by atoms with E-state index in [9.17, 15) is 18.0 Å². The topological polar surface area (TPSA) is 53.4 Å². The second-order valence-electron chi connectivity index (χ2n) is 4.70. The highest BCUT2D eigenvalue weighted by Gasteiger charge is 2.34. The van der Waals surface area contributed by atoms with Crippen LogP contribution in [-0.4, -0.2) is 36.3 Å². The summed E-state index contributed by atoms with van der Waals surface area (Å²) in [5.74, 6) is -0.360. The minimum atomic E-state index is -4.53. The Morgan fingerprint density at radius 3 is 2.39 bits per heavy atom. The first-order valence-corrected chi connectivity index (χ1v) is 6.69. The number of aromatic nitrogens is 2. The Kier molecular flexibility index (Phi) is 5.05. The van der Waals surface area contributed by atoms with Gasteiger partial charge in [0.2, 0.25) is 0 Å². The summed E-state index contributed by atoms with van der Waals surface area (Å²) < 4.78 is 49.5. The van der Waals surface area contributed by atoms with Gasteiger partial charge in [-0.2, -0.15) is 13.2 Å². The number of alkyl halides is 3. The van der Waals surface area contributed by atoms with Crippen LogP contribution >= 0.6 is 0 Å². The van der Waals surface area contributed by atoms with Gasteiger partial charge in [-0.3, -0.25) is 0 Å². The predicted octanol–water partition coefficient (Wildman–Crippen LogP) is 3.00. The highest BCUT2D eigenvalue weighted by Crippen LogP contribution is 2.31. The van der Waals surface area contributed by atoms with Gasteiger partial charge >= 0.3 is 12.1 Å². The molecule has 0 bridgehead atoms. The molecule has 1 aromatic carbocycles. The molecule has 5 nitrogen and oxygen atoms in total. The van der Waals surface area contributed by atoms with Gasteiger partial charge in [0.15, 0.2) is 5.69 Å². The molecule has 0 unspecified atom stereocenters. The van der Waals surface area contributed by atoms with Crippen molar-refractivity contribution in [1.29, 1.82) is 0 Å². The van der Waals surface area contributed by atoms with E-state index < -0.39 is 17.8 Å². The Hall–Kier alpha value is -2.35. The van der Waals surface area contributed by atoms with Crippen molar-refractivity contribution in [2.24, 2.45) is 0 Å². The number of rotatable bonds is 5. The van der Waals surface area contributed by atoms with Crippen LogP contribution in [0.5, 0.6) is 0 Å². The lowest BCUT2D eigenvalue weighted by Crippen LogP contribution is -2.06. The lowest BCUT2D eigenvalue weighted by atomic mass is 10.1. The van der Waals surface area contributed by atoms with Crippen molar-refractivity contribution in [3.63, 3.8) is 0 Å². The maximum absolute atomic E-state index is 12.9. The molecule has 0 saturated heterocycles. The fourth-order valence-electron chi connectivity index (χ4n) is 2.02. The fraction of sp³-hybridized carbons (Fsp3) is 0.333. The first-order chi connectivity index (χ1) is 10.9. The number of hydrogen-bond acceptors (Lipinski definition) is 4. The third-order valence-electron chi connectivity index (χ3n) is 3.17. The maximum Gasteiger partial charge on any atom is 0.434 e. The van der Waals surface area contributed by atoms with Gasteiger partial charge in [0.05, 0.1) is 19.3 Å². The van der Waals surface area contributed by atoms with E-state index in [1.807, 2.05) is 0 Å². The number of carbonyl (C=O) groups excluding carboxylic acids is 1. The standard InChI is InChI=1S/C15H15F3N2O3/c1-22-8-7-20-9-12(15(16,17)18)19-13(20)10-3-5-11(6-4-10)14(21)23-2/h3-6,9H,7-8H2,1-2H3. The zero-order valence-electron chi connectivity index (χ0n) is 12.6. The van der Waals surface area contributed by atoms with Crippen LogP contribution < -0.4 is 0 Å². The molecule has 2 rings (SSSR count). The minimum Gasteiger partial charge on any atom is -0.465 e. The second kappa shape index (κ2) is 6.82. The monoisotopic (exact) mass is 328 g/mol. The number of imidazole rings is 1. The van der Waals surface area contributed by atoms with E-state index in [0.29, 0.717) is 11.1 Å². The molecule has 124 valence electrons. The van der Waals surface area contributed by atoms with Gasteiger partial charge in [-0.15, -0.1) is 0 Å². The molecule has 1 aromatic heterocycles. The summed E-state index contributed by atoms with van der Waals surface area (Å²) in [5, 5.41) is 0. The van der Waals surface area contributed by atoms with Crippen molar-refractivity contribution >= 4 is 5.97 Å². The van der Waals surface area contributed by atoms with Crippen LogP contribution in [0.1, 0.15) is 16.1 Å². The number of nitrogens with zero attached hydrogens (tertiary/aromatic N) is 2. The molecule has 0 radical (unpaired) electrons. The molecule has 0 aliphatic rings. The molecule has 2 aromatic rings. The molecule has 1 heterocycles. The molecule has 0 aliphatic heterocycles. The van der Waals surface area contributed by atoms with Crippen LogP contribution in [0.4, 0.5) is 13.2 Å². The normalized spacial score (nSPS) is 11.5. The van der Waals surface area contributed by atoms with E-state index in [-0.39, 0.29) is 19.0 Å². The minimum absolute atomic E-state index is 0.158.